The Morgan fingerprint density at radius 2 is 2.07 bits per heavy atom. The Morgan fingerprint density at radius 1 is 1.21 bits per heavy atom. The standard InChI is InChI=1S/C23H25N3O2/c1-26-13-17(25-23(27)28-14-15-6-3-2-4-7-15)11-19-18-8-5-9-20-22(18)16(12-24-20)10-21(19)26/h2-9,12,17,19,21,24H,10-11,13-14H2,1H3,(H,25,27)/t17-,19?,21+/m0/s1. The molecule has 0 radical (unpaired) electrons. The van der Waals surface area contributed by atoms with E-state index in [1.54, 1.807) is 0 Å². The number of aromatic nitrogens is 1. The zero-order valence-electron chi connectivity index (χ0n) is 16.0. The Morgan fingerprint density at radius 3 is 2.93 bits per heavy atom. The Hall–Kier alpha value is -2.79. The predicted molar refractivity (Wildman–Crippen MR) is 109 cm³/mol. The molecule has 1 unspecified atom stereocenters. The number of nitrogens with one attached hydrogen (secondary N) is 2. The van der Waals surface area contributed by atoms with Crippen LogP contribution in [0.3, 0.4) is 0 Å². The van der Waals surface area contributed by atoms with Crippen molar-refractivity contribution < 1.29 is 9.53 Å². The second-order valence-corrected chi connectivity index (χ2v) is 8.04. The van der Waals surface area contributed by atoms with Crippen LogP contribution >= 0.6 is 0 Å². The number of rotatable bonds is 3. The van der Waals surface area contributed by atoms with Gasteiger partial charge in [0.15, 0.2) is 0 Å². The minimum Gasteiger partial charge on any atom is -0.445 e. The molecule has 28 heavy (non-hydrogen) atoms. The van der Waals surface area contributed by atoms with Gasteiger partial charge in [0, 0.05) is 41.6 Å². The molecule has 2 N–H and O–H groups in total. The van der Waals surface area contributed by atoms with Crippen molar-refractivity contribution >= 4 is 17.0 Å². The van der Waals surface area contributed by atoms with E-state index in [4.69, 9.17) is 4.74 Å². The molecular formula is C23H25N3O2. The number of fused-ring (bicyclic) bond motifs is 2. The first-order chi connectivity index (χ1) is 13.7. The van der Waals surface area contributed by atoms with Gasteiger partial charge in [-0.1, -0.05) is 42.5 Å². The zero-order chi connectivity index (χ0) is 19.1. The van der Waals surface area contributed by atoms with Crippen molar-refractivity contribution in [2.45, 2.75) is 37.5 Å². The largest absolute Gasteiger partial charge is 0.445 e. The number of hydrogen-bond acceptors (Lipinski definition) is 3. The van der Waals surface area contributed by atoms with Gasteiger partial charge in [-0.25, -0.2) is 4.79 Å². The Bertz CT molecular complexity index is 998. The van der Waals surface area contributed by atoms with Gasteiger partial charge >= 0.3 is 6.09 Å². The van der Waals surface area contributed by atoms with Gasteiger partial charge in [0.05, 0.1) is 0 Å². The molecule has 1 fully saturated rings. The fraction of sp³-hybridized carbons (Fsp3) is 0.348. The summed E-state index contributed by atoms with van der Waals surface area (Å²) in [5.74, 6) is 0.421. The molecule has 5 nitrogen and oxygen atoms in total. The second kappa shape index (κ2) is 6.99. The summed E-state index contributed by atoms with van der Waals surface area (Å²) in [5, 5.41) is 4.47. The van der Waals surface area contributed by atoms with Crippen LogP contribution in [0.1, 0.15) is 29.0 Å². The summed E-state index contributed by atoms with van der Waals surface area (Å²) < 4.78 is 5.43. The van der Waals surface area contributed by atoms with Crippen LogP contribution in [0.25, 0.3) is 10.9 Å². The topological polar surface area (TPSA) is 57.4 Å². The van der Waals surface area contributed by atoms with Gasteiger partial charge in [-0.05, 0) is 42.6 Å². The van der Waals surface area contributed by atoms with E-state index in [9.17, 15) is 4.79 Å². The number of piperidine rings is 1. The van der Waals surface area contributed by atoms with E-state index < -0.39 is 0 Å². The fourth-order valence-corrected chi connectivity index (χ4v) is 4.98. The molecular weight excluding hydrogens is 350 g/mol. The summed E-state index contributed by atoms with van der Waals surface area (Å²) in [7, 11) is 2.17. The molecule has 5 heteroatoms. The van der Waals surface area contributed by atoms with Gasteiger partial charge in [0.2, 0.25) is 0 Å². The predicted octanol–water partition coefficient (Wildman–Crippen LogP) is 3.81. The third kappa shape index (κ3) is 3.06. The highest BCUT2D eigenvalue weighted by Crippen LogP contribution is 2.42. The Balaban J connectivity index is 1.30. The van der Waals surface area contributed by atoms with Crippen molar-refractivity contribution in [2.24, 2.45) is 0 Å². The molecule has 2 aromatic carbocycles. The highest BCUT2D eigenvalue weighted by Gasteiger charge is 2.39. The van der Waals surface area contributed by atoms with Crippen molar-refractivity contribution in [1.29, 1.82) is 0 Å². The Kier molecular flexibility index (Phi) is 4.32. The molecule has 1 amide bonds. The number of carbonyl (C=O) groups is 1. The smallest absolute Gasteiger partial charge is 0.407 e. The minimum absolute atomic E-state index is 0.0882. The van der Waals surface area contributed by atoms with Gasteiger partial charge in [0.25, 0.3) is 0 Å². The average Bonchev–Trinajstić information content (AvgIpc) is 3.13. The quantitative estimate of drug-likeness (QED) is 0.732. The number of benzene rings is 2. The van der Waals surface area contributed by atoms with Crippen LogP contribution in [-0.4, -0.2) is 41.7 Å². The summed E-state index contributed by atoms with van der Waals surface area (Å²) in [6.07, 6.45) is 3.82. The maximum Gasteiger partial charge on any atom is 0.407 e. The number of hydrogen-bond donors (Lipinski definition) is 2. The summed E-state index contributed by atoms with van der Waals surface area (Å²) in [6.45, 7) is 1.14. The normalized spacial score (nSPS) is 24.0. The number of amides is 1. The molecule has 5 rings (SSSR count). The number of nitrogens with zero attached hydrogens (tertiary/aromatic N) is 1. The van der Waals surface area contributed by atoms with Crippen LogP contribution in [0.2, 0.25) is 0 Å². The summed E-state index contributed by atoms with van der Waals surface area (Å²) >= 11 is 0. The lowest BCUT2D eigenvalue weighted by molar-refractivity contribution is 0.105. The zero-order valence-corrected chi connectivity index (χ0v) is 16.0. The number of likely N-dealkylation sites (tertiary alicyclic amines) is 1. The van der Waals surface area contributed by atoms with Gasteiger partial charge in [-0.15, -0.1) is 0 Å². The highest BCUT2D eigenvalue weighted by atomic mass is 16.5. The van der Waals surface area contributed by atoms with Crippen LogP contribution in [0, 0.1) is 0 Å². The number of aromatic amines is 1. The van der Waals surface area contributed by atoms with Gasteiger partial charge < -0.3 is 19.9 Å². The van der Waals surface area contributed by atoms with E-state index in [0.29, 0.717) is 18.6 Å². The fourth-order valence-electron chi connectivity index (χ4n) is 4.98. The van der Waals surface area contributed by atoms with Crippen LogP contribution in [0.15, 0.2) is 54.7 Å². The summed E-state index contributed by atoms with van der Waals surface area (Å²) in [4.78, 5) is 18.1. The van der Waals surface area contributed by atoms with E-state index in [1.807, 2.05) is 30.3 Å². The van der Waals surface area contributed by atoms with Crippen molar-refractivity contribution in [1.82, 2.24) is 15.2 Å². The van der Waals surface area contributed by atoms with E-state index >= 15 is 0 Å². The lowest BCUT2D eigenvalue weighted by Crippen LogP contribution is -2.54. The summed E-state index contributed by atoms with van der Waals surface area (Å²) in [6, 6.07) is 16.9. The molecule has 1 aliphatic carbocycles. The number of ether oxygens (including phenoxy) is 1. The molecule has 1 aliphatic heterocycles. The van der Waals surface area contributed by atoms with E-state index in [-0.39, 0.29) is 12.1 Å². The third-order valence-electron chi connectivity index (χ3n) is 6.26. The Labute approximate surface area is 164 Å². The van der Waals surface area contributed by atoms with Gasteiger partial charge in [0.1, 0.15) is 6.61 Å². The molecule has 3 aromatic rings. The first-order valence-electron chi connectivity index (χ1n) is 9.95. The van der Waals surface area contributed by atoms with Crippen molar-refractivity contribution in [2.75, 3.05) is 13.6 Å². The number of H-pyrrole nitrogens is 1. The van der Waals surface area contributed by atoms with Crippen molar-refractivity contribution in [3.05, 3.63) is 71.4 Å². The lowest BCUT2D eigenvalue weighted by atomic mass is 9.74. The molecule has 1 aromatic heterocycles. The molecule has 144 valence electrons. The van der Waals surface area contributed by atoms with E-state index in [0.717, 1.165) is 24.9 Å². The second-order valence-electron chi connectivity index (χ2n) is 8.04. The van der Waals surface area contributed by atoms with Crippen LogP contribution in [0.4, 0.5) is 4.79 Å². The van der Waals surface area contributed by atoms with Crippen LogP contribution in [-0.2, 0) is 17.8 Å². The molecule has 2 heterocycles. The molecule has 1 saturated heterocycles. The third-order valence-corrected chi connectivity index (χ3v) is 6.26. The van der Waals surface area contributed by atoms with Crippen molar-refractivity contribution in [3.8, 4) is 0 Å². The molecule has 0 saturated carbocycles. The maximum absolute atomic E-state index is 12.3. The van der Waals surface area contributed by atoms with Crippen LogP contribution in [0.5, 0.6) is 0 Å². The van der Waals surface area contributed by atoms with E-state index in [2.05, 4.69) is 46.6 Å². The average molecular weight is 375 g/mol. The maximum atomic E-state index is 12.3. The molecule has 0 bridgehead atoms. The highest BCUT2D eigenvalue weighted by molar-refractivity contribution is 5.88. The van der Waals surface area contributed by atoms with E-state index in [1.165, 1.54) is 22.0 Å². The van der Waals surface area contributed by atoms with Crippen molar-refractivity contribution in [3.63, 3.8) is 0 Å². The molecule has 2 aliphatic rings. The van der Waals surface area contributed by atoms with Crippen LogP contribution < -0.4 is 5.32 Å². The molecule has 3 atom stereocenters. The number of alkyl carbamates (subject to hydrolysis) is 1. The number of likely N-dealkylation sites (N-methyl/N-ethyl adjacent to an activating group) is 1. The monoisotopic (exact) mass is 375 g/mol. The minimum atomic E-state index is -0.336. The van der Waals surface area contributed by atoms with Gasteiger partial charge in [-0.3, -0.25) is 0 Å². The number of carbonyl (C=O) groups excluding carboxylic acids is 1. The first kappa shape index (κ1) is 17.3. The SMILES string of the molecule is CN1C[C@@H](NC(=O)OCc2ccccc2)CC2c3cccc4[nH]cc(c34)C[C@H]21. The molecule has 0 spiro atoms. The lowest BCUT2D eigenvalue weighted by Gasteiger charge is -2.45. The van der Waals surface area contributed by atoms with Gasteiger partial charge in [-0.2, -0.15) is 0 Å². The summed E-state index contributed by atoms with van der Waals surface area (Å²) in [5.41, 5.74) is 5.02. The first-order valence-corrected chi connectivity index (χ1v) is 9.95.